The number of carbonyl (C=O) groups excluding carboxylic acids is 2. The van der Waals surface area contributed by atoms with E-state index in [2.05, 4.69) is 15.4 Å². The van der Waals surface area contributed by atoms with E-state index in [-0.39, 0.29) is 19.0 Å². The summed E-state index contributed by atoms with van der Waals surface area (Å²) in [5.74, 6) is 0.0603. The van der Waals surface area contributed by atoms with Gasteiger partial charge in [-0.15, -0.1) is 0 Å². The number of aromatic nitrogens is 3. The first kappa shape index (κ1) is 18.9. The first-order chi connectivity index (χ1) is 13.9. The Morgan fingerprint density at radius 2 is 2.17 bits per heavy atom. The highest BCUT2D eigenvalue weighted by Gasteiger charge is 2.32. The summed E-state index contributed by atoms with van der Waals surface area (Å²) >= 11 is 0. The molecule has 8 nitrogen and oxygen atoms in total. The standard InChI is InChI=1S/C20H20FN5O3/c1-3-18-23-19-8-13(6-7-26(19)24-18)16-5-4-14(9-17(16)21)25-11-15(29-20(25)28)10-22-12(2)27/h4-9,15H,3,10-11H2,1-2H3,(H,22,27)/t15-/m0/s1. The summed E-state index contributed by atoms with van der Waals surface area (Å²) in [4.78, 5) is 28.9. The van der Waals surface area contributed by atoms with Crippen LogP contribution in [0, 0.1) is 5.82 Å². The summed E-state index contributed by atoms with van der Waals surface area (Å²) in [5.41, 5.74) is 2.12. The molecule has 1 aliphatic rings. The van der Waals surface area contributed by atoms with Crippen LogP contribution in [0.4, 0.5) is 14.9 Å². The van der Waals surface area contributed by atoms with Gasteiger partial charge in [-0.1, -0.05) is 6.92 Å². The van der Waals surface area contributed by atoms with E-state index < -0.39 is 18.0 Å². The van der Waals surface area contributed by atoms with Gasteiger partial charge in [0.1, 0.15) is 11.9 Å². The Morgan fingerprint density at radius 3 is 2.90 bits per heavy atom. The van der Waals surface area contributed by atoms with Gasteiger partial charge in [-0.25, -0.2) is 18.7 Å². The summed E-state index contributed by atoms with van der Waals surface area (Å²) in [5, 5.41) is 6.94. The molecule has 4 rings (SSSR count). The van der Waals surface area contributed by atoms with Crippen molar-refractivity contribution >= 4 is 23.3 Å². The van der Waals surface area contributed by atoms with Crippen molar-refractivity contribution in [1.82, 2.24) is 19.9 Å². The fourth-order valence-corrected chi connectivity index (χ4v) is 3.25. The van der Waals surface area contributed by atoms with Crippen molar-refractivity contribution in [2.75, 3.05) is 18.0 Å². The number of fused-ring (bicyclic) bond motifs is 1. The Labute approximate surface area is 166 Å². The van der Waals surface area contributed by atoms with Crippen LogP contribution >= 0.6 is 0 Å². The third-order valence-corrected chi connectivity index (χ3v) is 4.73. The number of ether oxygens (including phenoxy) is 1. The Kier molecular flexibility index (Phi) is 4.87. The zero-order valence-corrected chi connectivity index (χ0v) is 16.1. The SMILES string of the molecule is CCc1nc2cc(-c3ccc(N4C[C@H](CNC(C)=O)OC4=O)cc3F)ccn2n1. The Bertz CT molecular complexity index is 1100. The minimum atomic E-state index is -0.565. The van der Waals surface area contributed by atoms with Gasteiger partial charge >= 0.3 is 6.09 Å². The largest absolute Gasteiger partial charge is 0.442 e. The molecule has 0 unspecified atom stereocenters. The van der Waals surface area contributed by atoms with Crippen LogP contribution in [0.3, 0.4) is 0 Å². The van der Waals surface area contributed by atoms with Gasteiger partial charge in [0, 0.05) is 25.1 Å². The smallest absolute Gasteiger partial charge is 0.414 e. The quantitative estimate of drug-likeness (QED) is 0.715. The number of carbonyl (C=O) groups is 2. The van der Waals surface area contributed by atoms with Gasteiger partial charge in [-0.3, -0.25) is 9.69 Å². The number of pyridine rings is 1. The molecule has 0 saturated carbocycles. The van der Waals surface area contributed by atoms with Crippen molar-refractivity contribution in [3.8, 4) is 11.1 Å². The summed E-state index contributed by atoms with van der Waals surface area (Å²) < 4.78 is 21.7. The number of anilines is 1. The first-order valence-corrected chi connectivity index (χ1v) is 9.32. The molecule has 3 aromatic rings. The van der Waals surface area contributed by atoms with Gasteiger partial charge in [0.05, 0.1) is 18.8 Å². The summed E-state index contributed by atoms with van der Waals surface area (Å²) in [6, 6.07) is 8.15. The van der Waals surface area contributed by atoms with E-state index >= 15 is 0 Å². The summed E-state index contributed by atoms with van der Waals surface area (Å²) in [6.07, 6.45) is 1.42. The van der Waals surface area contributed by atoms with Crippen LogP contribution < -0.4 is 10.2 Å². The molecule has 3 heterocycles. The fraction of sp³-hybridized carbons (Fsp3) is 0.300. The molecule has 2 aromatic heterocycles. The average molecular weight is 397 g/mol. The number of halogens is 1. The maximum atomic E-state index is 14.9. The number of aryl methyl sites for hydroxylation is 1. The number of hydrogen-bond acceptors (Lipinski definition) is 5. The maximum absolute atomic E-state index is 14.9. The van der Waals surface area contributed by atoms with Crippen molar-refractivity contribution in [2.45, 2.75) is 26.4 Å². The minimum absolute atomic E-state index is 0.203. The highest BCUT2D eigenvalue weighted by atomic mass is 19.1. The molecule has 1 fully saturated rings. The number of nitrogens with zero attached hydrogens (tertiary/aromatic N) is 4. The van der Waals surface area contributed by atoms with Crippen LogP contribution in [-0.2, 0) is 16.0 Å². The summed E-state index contributed by atoms with van der Waals surface area (Å²) in [6.45, 7) is 3.82. The number of amides is 2. The van der Waals surface area contributed by atoms with Crippen LogP contribution in [0.1, 0.15) is 19.7 Å². The molecule has 1 aromatic carbocycles. The van der Waals surface area contributed by atoms with Crippen LogP contribution in [-0.4, -0.2) is 45.8 Å². The zero-order chi connectivity index (χ0) is 20.5. The molecular weight excluding hydrogens is 377 g/mol. The van der Waals surface area contributed by atoms with E-state index in [1.165, 1.54) is 17.9 Å². The third-order valence-electron chi connectivity index (χ3n) is 4.73. The highest BCUT2D eigenvalue weighted by Crippen LogP contribution is 2.29. The lowest BCUT2D eigenvalue weighted by molar-refractivity contribution is -0.119. The molecule has 1 saturated heterocycles. The van der Waals surface area contributed by atoms with Gasteiger partial charge < -0.3 is 10.1 Å². The molecule has 9 heteroatoms. The maximum Gasteiger partial charge on any atom is 0.414 e. The number of rotatable bonds is 5. The van der Waals surface area contributed by atoms with E-state index in [9.17, 15) is 14.0 Å². The molecule has 1 aliphatic heterocycles. The van der Waals surface area contributed by atoms with E-state index in [4.69, 9.17) is 4.74 Å². The van der Waals surface area contributed by atoms with Crippen molar-refractivity contribution in [1.29, 1.82) is 0 Å². The Hall–Kier alpha value is -3.49. The average Bonchev–Trinajstić information content (AvgIpc) is 3.28. The zero-order valence-electron chi connectivity index (χ0n) is 16.1. The van der Waals surface area contributed by atoms with Crippen molar-refractivity contribution in [2.24, 2.45) is 0 Å². The third kappa shape index (κ3) is 3.75. The van der Waals surface area contributed by atoms with Crippen LogP contribution in [0.5, 0.6) is 0 Å². The summed E-state index contributed by atoms with van der Waals surface area (Å²) in [7, 11) is 0. The molecule has 0 aliphatic carbocycles. The molecule has 29 heavy (non-hydrogen) atoms. The predicted molar refractivity (Wildman–Crippen MR) is 104 cm³/mol. The van der Waals surface area contributed by atoms with Crippen LogP contribution in [0.15, 0.2) is 36.5 Å². The highest BCUT2D eigenvalue weighted by molar-refractivity contribution is 5.90. The van der Waals surface area contributed by atoms with Gasteiger partial charge in [0.15, 0.2) is 11.5 Å². The van der Waals surface area contributed by atoms with Gasteiger partial charge in [-0.2, -0.15) is 5.10 Å². The van der Waals surface area contributed by atoms with Crippen LogP contribution in [0.2, 0.25) is 0 Å². The van der Waals surface area contributed by atoms with Gasteiger partial charge in [-0.05, 0) is 35.9 Å². The van der Waals surface area contributed by atoms with E-state index in [1.54, 1.807) is 35.0 Å². The molecular formula is C20H20FN5O3. The van der Waals surface area contributed by atoms with Gasteiger partial charge in [0.2, 0.25) is 5.91 Å². The fourth-order valence-electron chi connectivity index (χ4n) is 3.25. The topological polar surface area (TPSA) is 88.8 Å². The van der Waals surface area contributed by atoms with E-state index in [0.717, 1.165) is 12.2 Å². The number of hydrogen-bond donors (Lipinski definition) is 1. The molecule has 150 valence electrons. The number of cyclic esters (lactones) is 1. The molecule has 0 bridgehead atoms. The van der Waals surface area contributed by atoms with Gasteiger partial charge in [0.25, 0.3) is 0 Å². The minimum Gasteiger partial charge on any atom is -0.442 e. The molecule has 0 spiro atoms. The van der Waals surface area contributed by atoms with Crippen LogP contribution in [0.25, 0.3) is 16.8 Å². The molecule has 1 N–H and O–H groups in total. The molecule has 1 atom stereocenters. The number of benzene rings is 1. The van der Waals surface area contributed by atoms with E-state index in [1.807, 2.05) is 6.92 Å². The number of nitrogens with one attached hydrogen (secondary N) is 1. The van der Waals surface area contributed by atoms with Crippen molar-refractivity contribution in [3.05, 3.63) is 48.2 Å². The monoisotopic (exact) mass is 397 g/mol. The molecule has 2 amide bonds. The second kappa shape index (κ2) is 7.50. The predicted octanol–water partition coefficient (Wildman–Crippen LogP) is 2.56. The lowest BCUT2D eigenvalue weighted by Crippen LogP contribution is -2.33. The Balaban J connectivity index is 1.56. The second-order valence-corrected chi connectivity index (χ2v) is 6.82. The van der Waals surface area contributed by atoms with Crippen molar-refractivity contribution in [3.63, 3.8) is 0 Å². The lowest BCUT2D eigenvalue weighted by atomic mass is 10.1. The Morgan fingerprint density at radius 1 is 1.34 bits per heavy atom. The lowest BCUT2D eigenvalue weighted by Gasteiger charge is -2.14. The second-order valence-electron chi connectivity index (χ2n) is 6.82. The molecule has 0 radical (unpaired) electrons. The van der Waals surface area contributed by atoms with E-state index in [0.29, 0.717) is 22.5 Å². The normalized spacial score (nSPS) is 16.3. The van der Waals surface area contributed by atoms with Crippen molar-refractivity contribution < 1.29 is 18.7 Å². The first-order valence-electron chi connectivity index (χ1n) is 9.32.